The van der Waals surface area contributed by atoms with Gasteiger partial charge in [-0.2, -0.15) is 0 Å². The highest BCUT2D eigenvalue weighted by Crippen LogP contribution is 2.39. The Morgan fingerprint density at radius 3 is 2.57 bits per heavy atom. The summed E-state index contributed by atoms with van der Waals surface area (Å²) < 4.78 is 0. The highest BCUT2D eigenvalue weighted by molar-refractivity contribution is 5.85. The fourth-order valence-electron chi connectivity index (χ4n) is 3.19. The monoisotopic (exact) mass is 310 g/mol. The number of nitrogens with one attached hydrogen (secondary N) is 1. The molecule has 0 bridgehead atoms. The molecule has 1 saturated carbocycles. The van der Waals surface area contributed by atoms with Gasteiger partial charge in [0, 0.05) is 12.0 Å². The van der Waals surface area contributed by atoms with Crippen LogP contribution in [0.3, 0.4) is 0 Å². The molecule has 0 radical (unpaired) electrons. The molecule has 1 aliphatic carbocycles. The van der Waals surface area contributed by atoms with Crippen LogP contribution >= 0.6 is 12.4 Å². The Morgan fingerprint density at radius 2 is 2.00 bits per heavy atom. The van der Waals surface area contributed by atoms with E-state index < -0.39 is 6.04 Å². The van der Waals surface area contributed by atoms with Gasteiger partial charge in [-0.25, -0.2) is 0 Å². The van der Waals surface area contributed by atoms with Gasteiger partial charge in [0.2, 0.25) is 5.91 Å². The third-order valence-corrected chi connectivity index (χ3v) is 4.46. The van der Waals surface area contributed by atoms with Crippen LogP contribution in [0.15, 0.2) is 24.3 Å². The van der Waals surface area contributed by atoms with Crippen molar-refractivity contribution in [3.8, 4) is 0 Å². The number of rotatable bonds is 4. The van der Waals surface area contributed by atoms with Gasteiger partial charge in [-0.1, -0.05) is 49.1 Å². The van der Waals surface area contributed by atoms with Crippen LogP contribution in [0.1, 0.15) is 50.2 Å². The zero-order valence-corrected chi connectivity index (χ0v) is 13.8. The molecule has 1 aliphatic rings. The number of aryl methyl sites for hydroxylation is 1. The molecule has 2 rings (SSSR count). The van der Waals surface area contributed by atoms with Crippen LogP contribution in [0.5, 0.6) is 0 Å². The van der Waals surface area contributed by atoms with Gasteiger partial charge < -0.3 is 11.1 Å². The van der Waals surface area contributed by atoms with Crippen molar-refractivity contribution < 1.29 is 4.79 Å². The van der Waals surface area contributed by atoms with Gasteiger partial charge in [0.15, 0.2) is 0 Å². The summed E-state index contributed by atoms with van der Waals surface area (Å²) in [5.41, 5.74) is 8.38. The first-order valence-electron chi connectivity index (χ1n) is 7.64. The molecular weight excluding hydrogens is 284 g/mol. The number of hydrogen-bond acceptors (Lipinski definition) is 2. The Kier molecular flexibility index (Phi) is 6.69. The molecule has 118 valence electrons. The van der Waals surface area contributed by atoms with Crippen molar-refractivity contribution in [2.24, 2.45) is 5.73 Å². The second-order valence-electron chi connectivity index (χ2n) is 6.22. The van der Waals surface area contributed by atoms with Crippen LogP contribution in [0, 0.1) is 6.92 Å². The van der Waals surface area contributed by atoms with Gasteiger partial charge >= 0.3 is 0 Å². The van der Waals surface area contributed by atoms with E-state index in [1.807, 2.05) is 0 Å². The maximum Gasteiger partial charge on any atom is 0.236 e. The fourth-order valence-corrected chi connectivity index (χ4v) is 3.19. The minimum Gasteiger partial charge on any atom is -0.354 e. The van der Waals surface area contributed by atoms with E-state index in [2.05, 4.69) is 36.5 Å². The lowest BCUT2D eigenvalue weighted by Crippen LogP contribution is -2.46. The number of nitrogens with two attached hydrogens (primary N) is 1. The molecule has 0 spiro atoms. The highest BCUT2D eigenvalue weighted by atomic mass is 35.5. The van der Waals surface area contributed by atoms with Crippen LogP contribution < -0.4 is 11.1 Å². The smallest absolute Gasteiger partial charge is 0.236 e. The number of amides is 1. The molecule has 0 aliphatic heterocycles. The van der Waals surface area contributed by atoms with Crippen molar-refractivity contribution >= 4 is 18.3 Å². The predicted molar refractivity (Wildman–Crippen MR) is 89.8 cm³/mol. The van der Waals surface area contributed by atoms with Crippen molar-refractivity contribution in [2.45, 2.75) is 57.4 Å². The predicted octanol–water partition coefficient (Wildman–Crippen LogP) is 3.08. The summed E-state index contributed by atoms with van der Waals surface area (Å²) in [4.78, 5) is 11.8. The Labute approximate surface area is 134 Å². The van der Waals surface area contributed by atoms with Crippen molar-refractivity contribution in [1.82, 2.24) is 5.32 Å². The quantitative estimate of drug-likeness (QED) is 0.898. The summed E-state index contributed by atoms with van der Waals surface area (Å²) in [5.74, 6) is -0.0531. The fraction of sp³-hybridized carbons (Fsp3) is 0.588. The maximum atomic E-state index is 11.8. The van der Waals surface area contributed by atoms with Crippen LogP contribution in [0.2, 0.25) is 0 Å². The largest absolute Gasteiger partial charge is 0.354 e. The van der Waals surface area contributed by atoms with Crippen LogP contribution in [-0.2, 0) is 10.2 Å². The lowest BCUT2D eigenvalue weighted by atomic mass is 9.69. The van der Waals surface area contributed by atoms with E-state index in [1.54, 1.807) is 6.92 Å². The molecule has 3 nitrogen and oxygen atoms in total. The van der Waals surface area contributed by atoms with Gasteiger partial charge in [0.05, 0.1) is 6.04 Å². The summed E-state index contributed by atoms with van der Waals surface area (Å²) in [5, 5.41) is 3.05. The van der Waals surface area contributed by atoms with E-state index in [4.69, 9.17) is 5.73 Å². The minimum atomic E-state index is -0.437. The molecular formula is C17H27ClN2O. The first-order valence-corrected chi connectivity index (χ1v) is 7.64. The number of hydrogen-bond donors (Lipinski definition) is 2. The van der Waals surface area contributed by atoms with Crippen LogP contribution in [0.4, 0.5) is 0 Å². The zero-order chi connectivity index (χ0) is 14.6. The molecule has 1 aromatic rings. The maximum absolute atomic E-state index is 11.8. The van der Waals surface area contributed by atoms with Gasteiger partial charge in [-0.15, -0.1) is 12.4 Å². The first kappa shape index (κ1) is 18.0. The minimum absolute atomic E-state index is 0. The molecule has 1 aromatic carbocycles. The standard InChI is InChI=1S/C17H26N2O.ClH/c1-13-7-6-8-15(11-13)17(9-4-3-5-10-17)12-19-16(20)14(2)18;/h6-8,11,14H,3-5,9-10,12,18H2,1-2H3,(H,19,20);1H/t14-;/m0./s1. The van der Waals surface area contributed by atoms with Gasteiger partial charge in [0.25, 0.3) is 0 Å². The zero-order valence-electron chi connectivity index (χ0n) is 13.0. The number of benzene rings is 1. The lowest BCUT2D eigenvalue weighted by molar-refractivity contribution is -0.122. The van der Waals surface area contributed by atoms with E-state index in [0.29, 0.717) is 6.54 Å². The Hall–Kier alpha value is -1.06. The molecule has 0 aromatic heterocycles. The summed E-state index contributed by atoms with van der Waals surface area (Å²) in [6, 6.07) is 8.28. The molecule has 0 saturated heterocycles. The molecule has 0 unspecified atom stereocenters. The SMILES string of the molecule is Cc1cccc(C2(CNC(=O)[C@H](C)N)CCCCC2)c1.Cl. The van der Waals surface area contributed by atoms with Crippen molar-refractivity contribution in [3.05, 3.63) is 35.4 Å². The third-order valence-electron chi connectivity index (χ3n) is 4.46. The summed E-state index contributed by atoms with van der Waals surface area (Å²) in [6.45, 7) is 4.56. The van der Waals surface area contributed by atoms with E-state index in [-0.39, 0.29) is 23.7 Å². The van der Waals surface area contributed by atoms with E-state index in [9.17, 15) is 4.79 Å². The molecule has 1 fully saturated rings. The van der Waals surface area contributed by atoms with Crippen LogP contribution in [-0.4, -0.2) is 18.5 Å². The van der Waals surface area contributed by atoms with Crippen LogP contribution in [0.25, 0.3) is 0 Å². The number of carbonyl (C=O) groups excluding carboxylic acids is 1. The second-order valence-corrected chi connectivity index (χ2v) is 6.22. The molecule has 1 atom stereocenters. The number of carbonyl (C=O) groups is 1. The van der Waals surface area contributed by atoms with Gasteiger partial charge in [-0.05, 0) is 32.3 Å². The number of halogens is 1. The molecule has 1 amide bonds. The first-order chi connectivity index (χ1) is 9.53. The molecule has 4 heteroatoms. The molecule has 0 heterocycles. The average molecular weight is 311 g/mol. The van der Waals surface area contributed by atoms with Gasteiger partial charge in [-0.3, -0.25) is 4.79 Å². The topological polar surface area (TPSA) is 55.1 Å². The van der Waals surface area contributed by atoms with E-state index in [1.165, 1.54) is 30.4 Å². The Bertz CT molecular complexity index is 468. The Balaban J connectivity index is 0.00000220. The van der Waals surface area contributed by atoms with Crippen molar-refractivity contribution in [1.29, 1.82) is 0 Å². The summed E-state index contributed by atoms with van der Waals surface area (Å²) >= 11 is 0. The second kappa shape index (κ2) is 7.81. The average Bonchev–Trinajstić information content (AvgIpc) is 2.45. The van der Waals surface area contributed by atoms with Crippen molar-refractivity contribution in [2.75, 3.05) is 6.54 Å². The molecule has 3 N–H and O–H groups in total. The highest BCUT2D eigenvalue weighted by Gasteiger charge is 2.34. The third kappa shape index (κ3) is 4.45. The van der Waals surface area contributed by atoms with E-state index >= 15 is 0 Å². The van der Waals surface area contributed by atoms with E-state index in [0.717, 1.165) is 12.8 Å². The Morgan fingerprint density at radius 1 is 1.33 bits per heavy atom. The van der Waals surface area contributed by atoms with Gasteiger partial charge in [0.1, 0.15) is 0 Å². The molecule has 21 heavy (non-hydrogen) atoms. The normalized spacial score (nSPS) is 18.4. The summed E-state index contributed by atoms with van der Waals surface area (Å²) in [7, 11) is 0. The van der Waals surface area contributed by atoms with Crippen molar-refractivity contribution in [3.63, 3.8) is 0 Å². The summed E-state index contributed by atoms with van der Waals surface area (Å²) in [6.07, 6.45) is 6.07. The lowest BCUT2D eigenvalue weighted by Gasteiger charge is -2.38.